The molecule has 1 aromatic heterocycles. The first kappa shape index (κ1) is 19.8. The van der Waals surface area contributed by atoms with Crippen LogP contribution in [0.1, 0.15) is 28.6 Å². The van der Waals surface area contributed by atoms with E-state index in [1.165, 1.54) is 18.3 Å². The molecule has 3 aromatic rings. The van der Waals surface area contributed by atoms with E-state index in [-0.39, 0.29) is 11.6 Å². The maximum Gasteiger partial charge on any atom is 0.271 e. The minimum atomic E-state index is -0.454. The van der Waals surface area contributed by atoms with Crippen LogP contribution in [0.15, 0.2) is 64.1 Å². The summed E-state index contributed by atoms with van der Waals surface area (Å²) in [6, 6.07) is 14.6. The molecule has 2 aromatic carbocycles. The summed E-state index contributed by atoms with van der Waals surface area (Å²) in [5.41, 5.74) is 4.32. The molecule has 8 heteroatoms. The molecule has 0 aliphatic heterocycles. The van der Waals surface area contributed by atoms with Crippen LogP contribution in [0.25, 0.3) is 11.3 Å². The van der Waals surface area contributed by atoms with Crippen LogP contribution >= 0.6 is 0 Å². The van der Waals surface area contributed by atoms with Gasteiger partial charge in [-0.05, 0) is 55.8 Å². The van der Waals surface area contributed by atoms with Crippen molar-refractivity contribution >= 4 is 17.8 Å². The van der Waals surface area contributed by atoms with Gasteiger partial charge in [-0.3, -0.25) is 14.9 Å². The highest BCUT2D eigenvalue weighted by atomic mass is 16.6. The minimum Gasteiger partial charge on any atom is -0.494 e. The van der Waals surface area contributed by atoms with Gasteiger partial charge >= 0.3 is 0 Å². The van der Waals surface area contributed by atoms with E-state index < -0.39 is 4.92 Å². The lowest BCUT2D eigenvalue weighted by molar-refractivity contribution is -0.384. The highest BCUT2D eigenvalue weighted by Gasteiger charge is 2.13. The van der Waals surface area contributed by atoms with Gasteiger partial charge in [-0.25, -0.2) is 5.43 Å². The summed E-state index contributed by atoms with van der Waals surface area (Å²) in [5.74, 6) is 1.20. The lowest BCUT2D eigenvalue weighted by Gasteiger charge is -2.03. The van der Waals surface area contributed by atoms with E-state index in [1.807, 2.05) is 13.8 Å². The zero-order chi connectivity index (χ0) is 20.8. The number of hydrogen-bond acceptors (Lipinski definition) is 6. The van der Waals surface area contributed by atoms with E-state index in [0.29, 0.717) is 35.0 Å². The van der Waals surface area contributed by atoms with Gasteiger partial charge < -0.3 is 9.15 Å². The molecule has 1 amide bonds. The van der Waals surface area contributed by atoms with Crippen molar-refractivity contribution in [1.29, 1.82) is 0 Å². The summed E-state index contributed by atoms with van der Waals surface area (Å²) in [4.78, 5) is 22.6. The lowest BCUT2D eigenvalue weighted by atomic mass is 10.1. The van der Waals surface area contributed by atoms with Gasteiger partial charge in [-0.15, -0.1) is 0 Å². The van der Waals surface area contributed by atoms with Crippen molar-refractivity contribution in [2.45, 2.75) is 13.8 Å². The highest BCUT2D eigenvalue weighted by Crippen LogP contribution is 2.28. The van der Waals surface area contributed by atoms with Crippen LogP contribution in [-0.2, 0) is 0 Å². The summed E-state index contributed by atoms with van der Waals surface area (Å²) < 4.78 is 11.0. The average Bonchev–Trinajstić information content (AvgIpc) is 3.17. The molecule has 29 heavy (non-hydrogen) atoms. The van der Waals surface area contributed by atoms with Gasteiger partial charge in [0, 0.05) is 23.3 Å². The number of non-ortho nitro benzene ring substituents is 1. The Balaban J connectivity index is 1.67. The molecule has 148 valence electrons. The van der Waals surface area contributed by atoms with Gasteiger partial charge in [0.05, 0.1) is 17.7 Å². The third-order valence-electron chi connectivity index (χ3n) is 4.11. The summed E-state index contributed by atoms with van der Waals surface area (Å²) in [5, 5.41) is 14.9. The first-order valence-electron chi connectivity index (χ1n) is 8.89. The Bertz CT molecular complexity index is 1050. The molecule has 8 nitrogen and oxygen atoms in total. The van der Waals surface area contributed by atoms with Crippen LogP contribution in [0.4, 0.5) is 5.69 Å². The van der Waals surface area contributed by atoms with E-state index in [4.69, 9.17) is 9.15 Å². The number of nitrogens with one attached hydrogen (secondary N) is 1. The zero-order valence-corrected chi connectivity index (χ0v) is 15.9. The monoisotopic (exact) mass is 393 g/mol. The number of hydrazone groups is 1. The van der Waals surface area contributed by atoms with Crippen molar-refractivity contribution in [1.82, 2.24) is 5.43 Å². The Morgan fingerprint density at radius 2 is 1.97 bits per heavy atom. The van der Waals surface area contributed by atoms with E-state index in [1.54, 1.807) is 42.5 Å². The number of furan rings is 1. The van der Waals surface area contributed by atoms with Crippen molar-refractivity contribution in [2.75, 3.05) is 6.61 Å². The van der Waals surface area contributed by atoms with Gasteiger partial charge in [0.1, 0.15) is 17.3 Å². The average molecular weight is 393 g/mol. The molecule has 0 saturated heterocycles. The number of benzene rings is 2. The van der Waals surface area contributed by atoms with E-state index in [2.05, 4.69) is 10.5 Å². The van der Waals surface area contributed by atoms with Crippen LogP contribution < -0.4 is 10.2 Å². The molecule has 0 bridgehead atoms. The second-order valence-corrected chi connectivity index (χ2v) is 6.11. The molecule has 0 spiro atoms. The number of hydrogen-bond donors (Lipinski definition) is 1. The van der Waals surface area contributed by atoms with E-state index in [0.717, 1.165) is 5.56 Å². The third-order valence-corrected chi connectivity index (χ3v) is 4.11. The zero-order valence-electron chi connectivity index (χ0n) is 15.9. The van der Waals surface area contributed by atoms with Crippen molar-refractivity contribution in [3.63, 3.8) is 0 Å². The SMILES string of the molecule is CCOc1ccc(C(=O)N/N=C\c2ccc(-c3cc([N+](=O)[O-])ccc3C)o2)cc1. The summed E-state index contributed by atoms with van der Waals surface area (Å²) in [6.07, 6.45) is 1.36. The van der Waals surface area contributed by atoms with Crippen molar-refractivity contribution in [3.8, 4) is 17.1 Å². The normalized spacial score (nSPS) is 10.8. The maximum atomic E-state index is 12.1. The molecule has 1 heterocycles. The van der Waals surface area contributed by atoms with E-state index >= 15 is 0 Å². The number of nitro groups is 1. The van der Waals surface area contributed by atoms with Gasteiger partial charge in [0.25, 0.3) is 11.6 Å². The Hall–Kier alpha value is -3.94. The molecule has 0 saturated carbocycles. The Morgan fingerprint density at radius 1 is 1.21 bits per heavy atom. The fraction of sp³-hybridized carbons (Fsp3) is 0.143. The molecule has 1 N–H and O–H groups in total. The predicted molar refractivity (Wildman–Crippen MR) is 108 cm³/mol. The van der Waals surface area contributed by atoms with Gasteiger partial charge in [0.2, 0.25) is 0 Å². The minimum absolute atomic E-state index is 0.0140. The molecular weight excluding hydrogens is 374 g/mol. The molecule has 3 rings (SSSR count). The lowest BCUT2D eigenvalue weighted by Crippen LogP contribution is -2.17. The quantitative estimate of drug-likeness (QED) is 0.365. The Morgan fingerprint density at radius 3 is 2.66 bits per heavy atom. The second-order valence-electron chi connectivity index (χ2n) is 6.11. The molecular formula is C21H19N3O5. The summed E-state index contributed by atoms with van der Waals surface area (Å²) in [7, 11) is 0. The third kappa shape index (κ3) is 4.86. The fourth-order valence-electron chi connectivity index (χ4n) is 2.64. The standard InChI is InChI=1S/C21H19N3O5/c1-3-28-17-8-5-15(6-9-17)21(25)23-22-13-18-10-11-20(29-18)19-12-16(24(26)27)7-4-14(19)2/h4-13H,3H2,1-2H3,(H,23,25)/b22-13-. The highest BCUT2D eigenvalue weighted by molar-refractivity contribution is 5.94. The van der Waals surface area contributed by atoms with Crippen LogP contribution in [0.5, 0.6) is 5.75 Å². The molecule has 0 fully saturated rings. The number of amides is 1. The number of nitrogens with zero attached hydrogens (tertiary/aromatic N) is 2. The first-order chi connectivity index (χ1) is 14.0. The van der Waals surface area contributed by atoms with Crippen LogP contribution in [0.3, 0.4) is 0 Å². The number of carbonyl (C=O) groups is 1. The molecule has 0 radical (unpaired) electrons. The van der Waals surface area contributed by atoms with Crippen LogP contribution in [-0.4, -0.2) is 23.7 Å². The first-order valence-corrected chi connectivity index (χ1v) is 8.89. The second kappa shape index (κ2) is 8.83. The van der Waals surface area contributed by atoms with Crippen LogP contribution in [0.2, 0.25) is 0 Å². The number of nitro benzene ring substituents is 1. The van der Waals surface area contributed by atoms with Gasteiger partial charge in [0.15, 0.2) is 0 Å². The Labute approximate surface area is 167 Å². The number of carbonyl (C=O) groups excluding carboxylic acids is 1. The van der Waals surface area contributed by atoms with Crippen molar-refractivity contribution in [3.05, 3.63) is 81.6 Å². The van der Waals surface area contributed by atoms with E-state index in [9.17, 15) is 14.9 Å². The van der Waals surface area contributed by atoms with Gasteiger partial charge in [-0.1, -0.05) is 6.07 Å². The predicted octanol–water partition coefficient (Wildman–Crippen LogP) is 4.33. The smallest absolute Gasteiger partial charge is 0.271 e. The summed E-state index contributed by atoms with van der Waals surface area (Å²) in [6.45, 7) is 4.28. The van der Waals surface area contributed by atoms with Crippen molar-refractivity contribution in [2.24, 2.45) is 5.10 Å². The fourth-order valence-corrected chi connectivity index (χ4v) is 2.64. The number of rotatable bonds is 7. The Kier molecular flexibility index (Phi) is 6.03. The molecule has 0 aliphatic rings. The molecule has 0 aliphatic carbocycles. The van der Waals surface area contributed by atoms with Crippen molar-refractivity contribution < 1.29 is 18.9 Å². The van der Waals surface area contributed by atoms with Gasteiger partial charge in [-0.2, -0.15) is 5.10 Å². The molecule has 0 unspecified atom stereocenters. The molecule has 0 atom stereocenters. The number of aryl methyl sites for hydroxylation is 1. The summed E-state index contributed by atoms with van der Waals surface area (Å²) >= 11 is 0. The maximum absolute atomic E-state index is 12.1. The van der Waals surface area contributed by atoms with Crippen LogP contribution in [0, 0.1) is 17.0 Å². The number of ether oxygens (including phenoxy) is 1. The topological polar surface area (TPSA) is 107 Å². The largest absolute Gasteiger partial charge is 0.494 e.